The van der Waals surface area contributed by atoms with E-state index < -0.39 is 53.8 Å². The van der Waals surface area contributed by atoms with Gasteiger partial charge in [0.1, 0.15) is 23.9 Å². The molecule has 0 bridgehead atoms. The lowest BCUT2D eigenvalue weighted by atomic mass is 10.0. The molecule has 14 heteroatoms. The molecule has 0 unspecified atom stereocenters. The standard InChI is InChI=1S/C25H40N6O7S/c1-39-13-11-17(27)22(34)29-18(4-2-3-12-26)23(35)31-20(14-15-5-7-16(32)8-6-15)24(36)30-19(25(37)38)9-10-21(28)33/h5-8,17-20,32H,2-4,9-14,26-27H2,1H3,(H2,28,33)(H,29,34)(H,30,36)(H,31,35)(H,37,38)/t17-,18-,19-,20-/m0/s1. The smallest absolute Gasteiger partial charge is 0.326 e. The average molecular weight is 569 g/mol. The Balaban J connectivity index is 3.14. The number of carboxylic acid groups (broad SMARTS) is 1. The van der Waals surface area contributed by atoms with Crippen LogP contribution in [0, 0.1) is 0 Å². The van der Waals surface area contributed by atoms with Crippen molar-refractivity contribution < 1.29 is 34.2 Å². The summed E-state index contributed by atoms with van der Waals surface area (Å²) in [7, 11) is 0. The summed E-state index contributed by atoms with van der Waals surface area (Å²) in [5, 5.41) is 26.7. The van der Waals surface area contributed by atoms with Crippen LogP contribution in [-0.2, 0) is 30.4 Å². The van der Waals surface area contributed by atoms with Crippen LogP contribution in [0.1, 0.15) is 44.1 Å². The average Bonchev–Trinajstić information content (AvgIpc) is 2.89. The van der Waals surface area contributed by atoms with Gasteiger partial charge in [0.2, 0.25) is 23.6 Å². The van der Waals surface area contributed by atoms with Gasteiger partial charge in [-0.05, 0) is 68.4 Å². The lowest BCUT2D eigenvalue weighted by Gasteiger charge is -2.25. The van der Waals surface area contributed by atoms with Crippen LogP contribution >= 0.6 is 11.8 Å². The van der Waals surface area contributed by atoms with Gasteiger partial charge in [0, 0.05) is 12.8 Å². The highest BCUT2D eigenvalue weighted by Crippen LogP contribution is 2.13. The molecule has 1 aromatic rings. The van der Waals surface area contributed by atoms with Crippen LogP contribution in [0.3, 0.4) is 0 Å². The highest BCUT2D eigenvalue weighted by Gasteiger charge is 2.30. The minimum Gasteiger partial charge on any atom is -0.508 e. The molecular formula is C25H40N6O7S. The fourth-order valence-electron chi connectivity index (χ4n) is 3.58. The van der Waals surface area contributed by atoms with E-state index in [0.717, 1.165) is 0 Å². The molecule has 0 saturated carbocycles. The minimum absolute atomic E-state index is 0.00155. The normalized spacial score (nSPS) is 13.9. The Morgan fingerprint density at radius 1 is 0.872 bits per heavy atom. The minimum atomic E-state index is -1.42. The number of carbonyl (C=O) groups excluding carboxylic acids is 4. The van der Waals surface area contributed by atoms with Crippen molar-refractivity contribution in [3.05, 3.63) is 29.8 Å². The molecule has 0 fully saturated rings. The Hall–Kier alpha value is -3.36. The summed E-state index contributed by atoms with van der Waals surface area (Å²) in [6.45, 7) is 0.392. The number of thioether (sulfide) groups is 1. The first-order valence-corrected chi connectivity index (χ1v) is 14.0. The third-order valence-corrected chi connectivity index (χ3v) is 6.50. The van der Waals surface area contributed by atoms with E-state index in [1.54, 1.807) is 12.1 Å². The van der Waals surface area contributed by atoms with Crippen molar-refractivity contribution in [2.75, 3.05) is 18.6 Å². The summed E-state index contributed by atoms with van der Waals surface area (Å²) in [4.78, 5) is 61.9. The van der Waals surface area contributed by atoms with Crippen molar-refractivity contribution in [3.8, 4) is 5.75 Å². The molecule has 0 aliphatic rings. The highest BCUT2D eigenvalue weighted by molar-refractivity contribution is 7.98. The van der Waals surface area contributed by atoms with Crippen molar-refractivity contribution in [1.29, 1.82) is 0 Å². The van der Waals surface area contributed by atoms with Crippen molar-refractivity contribution in [2.45, 2.75) is 69.1 Å². The van der Waals surface area contributed by atoms with Gasteiger partial charge in [0.25, 0.3) is 0 Å². The van der Waals surface area contributed by atoms with Crippen molar-refractivity contribution in [1.82, 2.24) is 16.0 Å². The first-order valence-electron chi connectivity index (χ1n) is 12.6. The summed E-state index contributed by atoms with van der Waals surface area (Å²) >= 11 is 1.53. The second-order valence-electron chi connectivity index (χ2n) is 9.07. The number of nitrogens with two attached hydrogens (primary N) is 3. The number of primary amides is 1. The maximum Gasteiger partial charge on any atom is 0.326 e. The fourth-order valence-corrected chi connectivity index (χ4v) is 4.07. The molecule has 39 heavy (non-hydrogen) atoms. The molecule has 4 amide bonds. The monoisotopic (exact) mass is 568 g/mol. The van der Waals surface area contributed by atoms with Crippen LogP contribution in [0.2, 0.25) is 0 Å². The van der Waals surface area contributed by atoms with E-state index in [1.165, 1.54) is 23.9 Å². The van der Waals surface area contributed by atoms with Crippen LogP contribution in [0.25, 0.3) is 0 Å². The molecule has 218 valence electrons. The van der Waals surface area contributed by atoms with Crippen molar-refractivity contribution in [3.63, 3.8) is 0 Å². The van der Waals surface area contributed by atoms with E-state index in [4.69, 9.17) is 17.2 Å². The SMILES string of the molecule is CSCC[C@H](N)C(=O)N[C@@H](CCCCN)C(=O)N[C@@H](Cc1ccc(O)cc1)C(=O)N[C@@H](CCC(N)=O)C(=O)O. The first-order chi connectivity index (χ1) is 18.5. The quantitative estimate of drug-likeness (QED) is 0.0941. The Kier molecular flexibility index (Phi) is 15.6. The van der Waals surface area contributed by atoms with Gasteiger partial charge < -0.3 is 43.4 Å². The molecule has 1 aromatic carbocycles. The number of unbranched alkanes of at least 4 members (excludes halogenated alkanes) is 1. The molecule has 0 saturated heterocycles. The van der Waals surface area contributed by atoms with Gasteiger partial charge in [-0.25, -0.2) is 4.79 Å². The largest absolute Gasteiger partial charge is 0.508 e. The Labute approximate surface area is 232 Å². The van der Waals surface area contributed by atoms with E-state index in [1.807, 2.05) is 6.26 Å². The summed E-state index contributed by atoms with van der Waals surface area (Å²) in [5.74, 6) is -3.40. The van der Waals surface area contributed by atoms with E-state index in [0.29, 0.717) is 37.1 Å². The summed E-state index contributed by atoms with van der Waals surface area (Å²) < 4.78 is 0. The number of nitrogens with one attached hydrogen (secondary N) is 3. The lowest BCUT2D eigenvalue weighted by molar-refractivity contribution is -0.142. The Morgan fingerprint density at radius 3 is 2.03 bits per heavy atom. The molecule has 0 heterocycles. The molecule has 13 nitrogen and oxygen atoms in total. The summed E-state index contributed by atoms with van der Waals surface area (Å²) in [6, 6.07) is 1.43. The number of carboxylic acids is 1. The predicted octanol–water partition coefficient (Wildman–Crippen LogP) is -1.05. The number of aromatic hydroxyl groups is 1. The van der Waals surface area contributed by atoms with Crippen LogP contribution in [-0.4, -0.2) is 82.5 Å². The highest BCUT2D eigenvalue weighted by atomic mass is 32.2. The van der Waals surface area contributed by atoms with Gasteiger partial charge in [-0.15, -0.1) is 0 Å². The number of carbonyl (C=O) groups is 5. The number of phenols is 1. The first kappa shape index (κ1) is 33.7. The number of rotatable bonds is 19. The van der Waals surface area contributed by atoms with Crippen LogP contribution < -0.4 is 33.2 Å². The lowest BCUT2D eigenvalue weighted by Crippen LogP contribution is -2.57. The van der Waals surface area contributed by atoms with E-state index in [2.05, 4.69) is 16.0 Å². The third-order valence-electron chi connectivity index (χ3n) is 5.85. The molecule has 0 spiro atoms. The van der Waals surface area contributed by atoms with Crippen LogP contribution in [0.15, 0.2) is 24.3 Å². The molecule has 1 rings (SSSR count). The molecular weight excluding hydrogens is 528 g/mol. The van der Waals surface area contributed by atoms with E-state index >= 15 is 0 Å². The van der Waals surface area contributed by atoms with Gasteiger partial charge in [-0.2, -0.15) is 11.8 Å². The third kappa shape index (κ3) is 13.3. The molecule has 4 atom stereocenters. The number of hydrogen-bond acceptors (Lipinski definition) is 9. The summed E-state index contributed by atoms with van der Waals surface area (Å²) in [6.07, 6.45) is 3.13. The van der Waals surface area contributed by atoms with Gasteiger partial charge in [-0.3, -0.25) is 19.2 Å². The molecule has 0 aliphatic carbocycles. The summed E-state index contributed by atoms with van der Waals surface area (Å²) in [5.41, 5.74) is 17.2. The number of aliphatic carboxylic acids is 1. The molecule has 11 N–H and O–H groups in total. The van der Waals surface area contributed by atoms with Gasteiger partial charge in [0.05, 0.1) is 6.04 Å². The Bertz CT molecular complexity index is 963. The number of phenolic OH excluding ortho intramolecular Hbond substituents is 1. The number of hydrogen-bond donors (Lipinski definition) is 8. The second kappa shape index (κ2) is 18.0. The molecule has 0 aromatic heterocycles. The number of benzene rings is 1. The van der Waals surface area contributed by atoms with E-state index in [9.17, 15) is 34.2 Å². The zero-order valence-electron chi connectivity index (χ0n) is 22.1. The zero-order chi connectivity index (χ0) is 29.4. The predicted molar refractivity (Wildman–Crippen MR) is 148 cm³/mol. The maximum absolute atomic E-state index is 13.3. The maximum atomic E-state index is 13.3. The van der Waals surface area contributed by atoms with Crippen molar-refractivity contribution >= 4 is 41.4 Å². The number of amides is 4. The Morgan fingerprint density at radius 2 is 1.46 bits per heavy atom. The van der Waals surface area contributed by atoms with Crippen LogP contribution in [0.5, 0.6) is 5.75 Å². The van der Waals surface area contributed by atoms with Gasteiger partial charge >= 0.3 is 5.97 Å². The fraction of sp³-hybridized carbons (Fsp3) is 0.560. The second-order valence-corrected chi connectivity index (χ2v) is 10.1. The van der Waals surface area contributed by atoms with E-state index in [-0.39, 0.29) is 31.4 Å². The molecule has 0 radical (unpaired) electrons. The van der Waals surface area contributed by atoms with Crippen LogP contribution in [0.4, 0.5) is 0 Å². The molecule has 0 aliphatic heterocycles. The van der Waals surface area contributed by atoms with Gasteiger partial charge in [-0.1, -0.05) is 12.1 Å². The van der Waals surface area contributed by atoms with Crippen molar-refractivity contribution in [2.24, 2.45) is 17.2 Å². The zero-order valence-corrected chi connectivity index (χ0v) is 22.9. The van der Waals surface area contributed by atoms with Gasteiger partial charge in [0.15, 0.2) is 0 Å². The topological polar surface area (TPSA) is 240 Å².